The second-order valence-electron chi connectivity index (χ2n) is 5.72. The van der Waals surface area contributed by atoms with Crippen molar-refractivity contribution in [3.8, 4) is 0 Å². The van der Waals surface area contributed by atoms with Gasteiger partial charge < -0.3 is 10.2 Å². The largest absolute Gasteiger partial charge is 0.395 e. The molecule has 22 heavy (non-hydrogen) atoms. The molecule has 3 atom stereocenters. The molecular formula is C16H23NO4S. The number of aliphatic hydroxyl groups excluding tert-OH is 2. The molecule has 0 amide bonds. The van der Waals surface area contributed by atoms with Gasteiger partial charge in [-0.25, -0.2) is 8.42 Å². The van der Waals surface area contributed by atoms with Gasteiger partial charge in [0.25, 0.3) is 0 Å². The summed E-state index contributed by atoms with van der Waals surface area (Å²) >= 11 is 0. The molecule has 2 rings (SSSR count). The van der Waals surface area contributed by atoms with Crippen LogP contribution < -0.4 is 0 Å². The Bertz CT molecular complexity index is 612. The van der Waals surface area contributed by atoms with Crippen molar-refractivity contribution in [3.05, 3.63) is 42.5 Å². The van der Waals surface area contributed by atoms with Crippen LogP contribution in [0.25, 0.3) is 0 Å². The van der Waals surface area contributed by atoms with Crippen LogP contribution in [0.3, 0.4) is 0 Å². The first kappa shape index (κ1) is 17.1. The first-order valence-electron chi connectivity index (χ1n) is 7.42. The monoisotopic (exact) mass is 325 g/mol. The molecule has 0 aromatic heterocycles. The number of rotatable bonds is 6. The summed E-state index contributed by atoms with van der Waals surface area (Å²) in [6.45, 7) is 5.23. The normalized spacial score (nSPS) is 24.3. The highest BCUT2D eigenvalue weighted by Gasteiger charge is 2.44. The molecule has 0 saturated carbocycles. The third-order valence-corrected chi connectivity index (χ3v) is 6.13. The summed E-state index contributed by atoms with van der Waals surface area (Å²) in [6.07, 6.45) is 2.16. The van der Waals surface area contributed by atoms with Gasteiger partial charge >= 0.3 is 0 Å². The Balaban J connectivity index is 2.39. The summed E-state index contributed by atoms with van der Waals surface area (Å²) in [4.78, 5) is 0.189. The number of hydrogen-bond acceptors (Lipinski definition) is 4. The highest BCUT2D eigenvalue weighted by Crippen LogP contribution is 2.33. The molecule has 1 aromatic carbocycles. The summed E-state index contributed by atoms with van der Waals surface area (Å²) < 4.78 is 27.1. The third-order valence-electron chi connectivity index (χ3n) is 4.14. The molecular weight excluding hydrogens is 302 g/mol. The van der Waals surface area contributed by atoms with E-state index in [0.29, 0.717) is 19.3 Å². The first-order valence-corrected chi connectivity index (χ1v) is 8.86. The Kier molecular flexibility index (Phi) is 5.39. The molecule has 2 N–H and O–H groups in total. The van der Waals surface area contributed by atoms with E-state index in [-0.39, 0.29) is 11.5 Å². The van der Waals surface area contributed by atoms with Gasteiger partial charge in [-0.1, -0.05) is 23.8 Å². The maximum Gasteiger partial charge on any atom is 0.243 e. The van der Waals surface area contributed by atoms with Crippen molar-refractivity contribution in [2.24, 2.45) is 0 Å². The van der Waals surface area contributed by atoms with Crippen LogP contribution in [0.4, 0.5) is 0 Å². The zero-order valence-electron chi connectivity index (χ0n) is 12.7. The lowest BCUT2D eigenvalue weighted by Crippen LogP contribution is -2.47. The van der Waals surface area contributed by atoms with Crippen LogP contribution in [0.5, 0.6) is 0 Å². The molecule has 6 heteroatoms. The Morgan fingerprint density at radius 3 is 2.55 bits per heavy atom. The van der Waals surface area contributed by atoms with E-state index in [9.17, 15) is 18.6 Å². The minimum Gasteiger partial charge on any atom is -0.395 e. The van der Waals surface area contributed by atoms with E-state index < -0.39 is 28.2 Å². The van der Waals surface area contributed by atoms with E-state index in [0.717, 1.165) is 5.56 Å². The molecule has 122 valence electrons. The van der Waals surface area contributed by atoms with Crippen molar-refractivity contribution in [2.75, 3.05) is 6.61 Å². The zero-order valence-corrected chi connectivity index (χ0v) is 13.5. The van der Waals surface area contributed by atoms with Crippen molar-refractivity contribution in [2.45, 2.75) is 49.3 Å². The quantitative estimate of drug-likeness (QED) is 0.776. The molecule has 0 unspecified atom stereocenters. The highest BCUT2D eigenvalue weighted by atomic mass is 32.2. The Morgan fingerprint density at radius 1 is 1.36 bits per heavy atom. The van der Waals surface area contributed by atoms with Crippen molar-refractivity contribution in [1.82, 2.24) is 4.31 Å². The molecule has 0 bridgehead atoms. The van der Waals surface area contributed by atoms with Gasteiger partial charge in [-0.3, -0.25) is 0 Å². The van der Waals surface area contributed by atoms with Gasteiger partial charge in [0, 0.05) is 6.04 Å². The average molecular weight is 325 g/mol. The summed E-state index contributed by atoms with van der Waals surface area (Å²) in [5, 5.41) is 19.7. The Morgan fingerprint density at radius 2 is 2.00 bits per heavy atom. The van der Waals surface area contributed by atoms with E-state index in [1.54, 1.807) is 30.3 Å². The summed E-state index contributed by atoms with van der Waals surface area (Å²) in [5.74, 6) is 0. The number of sulfonamides is 1. The van der Waals surface area contributed by atoms with Crippen LogP contribution in [0.15, 0.2) is 41.8 Å². The number of hydrogen-bond donors (Lipinski definition) is 2. The van der Waals surface area contributed by atoms with Gasteiger partial charge in [0.05, 0.1) is 23.6 Å². The van der Waals surface area contributed by atoms with E-state index in [4.69, 9.17) is 0 Å². The lowest BCUT2D eigenvalue weighted by molar-refractivity contribution is 0.0909. The third kappa shape index (κ3) is 3.25. The highest BCUT2D eigenvalue weighted by molar-refractivity contribution is 7.89. The topological polar surface area (TPSA) is 77.8 Å². The van der Waals surface area contributed by atoms with Crippen molar-refractivity contribution >= 4 is 10.0 Å². The fraction of sp³-hybridized carbons (Fsp3) is 0.500. The second kappa shape index (κ2) is 6.91. The first-order chi connectivity index (χ1) is 10.4. The minimum absolute atomic E-state index is 0.189. The van der Waals surface area contributed by atoms with Crippen LogP contribution in [0, 0.1) is 6.92 Å². The molecule has 1 heterocycles. The fourth-order valence-corrected chi connectivity index (χ4v) is 4.85. The zero-order chi connectivity index (χ0) is 16.3. The van der Waals surface area contributed by atoms with Crippen molar-refractivity contribution in [3.63, 3.8) is 0 Å². The van der Waals surface area contributed by atoms with Crippen LogP contribution >= 0.6 is 0 Å². The van der Waals surface area contributed by atoms with Crippen LogP contribution in [-0.4, -0.2) is 47.7 Å². The molecule has 0 radical (unpaired) electrons. The second-order valence-corrected chi connectivity index (χ2v) is 7.56. The Labute approximate surface area is 131 Å². The molecule has 1 saturated heterocycles. The van der Waals surface area contributed by atoms with Crippen molar-refractivity contribution in [1.29, 1.82) is 0 Å². The lowest BCUT2D eigenvalue weighted by Gasteiger charge is -2.31. The standard InChI is InChI=1S/C16H23NO4S/c1-3-4-16(19)15-10-7-13(11-18)17(15)22(20,21)14-8-5-12(2)6-9-14/h3,5-6,8-9,13,15-16,18-19H,1,4,7,10-11H2,2H3/t13-,15+,16-/m1/s1. The number of aliphatic hydroxyl groups is 2. The number of nitrogens with zero attached hydrogens (tertiary/aromatic N) is 1. The van der Waals surface area contributed by atoms with Gasteiger partial charge in [-0.15, -0.1) is 6.58 Å². The number of benzene rings is 1. The van der Waals surface area contributed by atoms with E-state index in [1.807, 2.05) is 6.92 Å². The lowest BCUT2D eigenvalue weighted by atomic mass is 10.1. The molecule has 1 fully saturated rings. The summed E-state index contributed by atoms with van der Waals surface area (Å²) in [6, 6.07) is 5.60. The van der Waals surface area contributed by atoms with Gasteiger partial charge in [0.2, 0.25) is 10.0 Å². The predicted molar refractivity (Wildman–Crippen MR) is 84.9 cm³/mol. The van der Waals surface area contributed by atoms with Gasteiger partial charge in [-0.2, -0.15) is 4.31 Å². The minimum atomic E-state index is -3.75. The molecule has 1 aliphatic heterocycles. The van der Waals surface area contributed by atoms with Crippen LogP contribution in [-0.2, 0) is 10.0 Å². The maximum atomic E-state index is 12.9. The number of aryl methyl sites for hydroxylation is 1. The van der Waals surface area contributed by atoms with E-state index >= 15 is 0 Å². The Hall–Kier alpha value is -1.21. The molecule has 5 nitrogen and oxygen atoms in total. The predicted octanol–water partition coefficient (Wildman–Crippen LogP) is 1.45. The van der Waals surface area contributed by atoms with E-state index in [2.05, 4.69) is 6.58 Å². The van der Waals surface area contributed by atoms with Gasteiger partial charge in [0.1, 0.15) is 0 Å². The summed E-state index contributed by atoms with van der Waals surface area (Å²) in [5.41, 5.74) is 0.974. The smallest absolute Gasteiger partial charge is 0.243 e. The molecule has 0 spiro atoms. The summed E-state index contributed by atoms with van der Waals surface area (Å²) in [7, 11) is -3.75. The molecule has 0 aliphatic carbocycles. The average Bonchev–Trinajstić information content (AvgIpc) is 2.92. The van der Waals surface area contributed by atoms with Crippen LogP contribution in [0.1, 0.15) is 24.8 Å². The molecule has 1 aromatic rings. The van der Waals surface area contributed by atoms with Gasteiger partial charge in [0.15, 0.2) is 0 Å². The molecule has 1 aliphatic rings. The SMILES string of the molecule is C=CC[C@@H](O)[C@@H]1CC[C@H](CO)N1S(=O)(=O)c1ccc(C)cc1. The van der Waals surface area contributed by atoms with Crippen LogP contribution in [0.2, 0.25) is 0 Å². The maximum absolute atomic E-state index is 12.9. The van der Waals surface area contributed by atoms with E-state index in [1.165, 1.54) is 4.31 Å². The fourth-order valence-electron chi connectivity index (χ4n) is 2.96. The van der Waals surface area contributed by atoms with Gasteiger partial charge in [-0.05, 0) is 38.3 Å². The van der Waals surface area contributed by atoms with Crippen molar-refractivity contribution < 1.29 is 18.6 Å².